The summed E-state index contributed by atoms with van der Waals surface area (Å²) in [7, 11) is 3.14. The Hall–Kier alpha value is -3.55. The second-order valence-electron chi connectivity index (χ2n) is 8.43. The van der Waals surface area contributed by atoms with Crippen molar-refractivity contribution in [2.24, 2.45) is 5.92 Å². The molecule has 0 aromatic heterocycles. The normalized spacial score (nSPS) is 18.3. The molecule has 1 fully saturated rings. The van der Waals surface area contributed by atoms with Crippen LogP contribution in [0.3, 0.4) is 0 Å². The van der Waals surface area contributed by atoms with Crippen molar-refractivity contribution < 1.29 is 28.6 Å². The summed E-state index contributed by atoms with van der Waals surface area (Å²) in [5.41, 5.74) is 1.39. The van der Waals surface area contributed by atoms with Crippen LogP contribution < -0.4 is 14.4 Å². The highest BCUT2D eigenvalue weighted by Crippen LogP contribution is 2.32. The summed E-state index contributed by atoms with van der Waals surface area (Å²) in [6, 6.07) is 12.6. The molecule has 182 valence electrons. The van der Waals surface area contributed by atoms with E-state index >= 15 is 0 Å². The van der Waals surface area contributed by atoms with E-state index in [2.05, 4.69) is 0 Å². The van der Waals surface area contributed by atoms with Gasteiger partial charge in [-0.1, -0.05) is 26.0 Å². The number of hydrogen-bond acceptors (Lipinski definition) is 6. The van der Waals surface area contributed by atoms with Crippen molar-refractivity contribution in [1.29, 1.82) is 0 Å². The summed E-state index contributed by atoms with van der Waals surface area (Å²) in [4.78, 5) is 43.1. The average molecular weight is 469 g/mol. The lowest BCUT2D eigenvalue weighted by Gasteiger charge is -2.46. The topological polar surface area (TPSA) is 85.4 Å². The van der Waals surface area contributed by atoms with Gasteiger partial charge in [-0.05, 0) is 54.8 Å². The molecule has 34 heavy (non-hydrogen) atoms. The molecule has 3 rings (SSSR count). The van der Waals surface area contributed by atoms with Crippen molar-refractivity contribution in [3.05, 3.63) is 54.1 Å². The van der Waals surface area contributed by atoms with Crippen molar-refractivity contribution >= 4 is 23.5 Å². The molecule has 0 unspecified atom stereocenters. The predicted octanol–water partition coefficient (Wildman–Crippen LogP) is 3.43. The molecule has 1 heterocycles. The van der Waals surface area contributed by atoms with E-state index in [1.54, 1.807) is 50.3 Å². The van der Waals surface area contributed by atoms with Crippen LogP contribution in [0.4, 0.5) is 5.69 Å². The number of esters is 1. The quantitative estimate of drug-likeness (QED) is 0.524. The number of anilines is 1. The summed E-state index contributed by atoms with van der Waals surface area (Å²) in [5.74, 6) is 0.137. The smallest absolute Gasteiger partial charge is 0.308 e. The lowest BCUT2D eigenvalue weighted by Crippen LogP contribution is -2.66. The van der Waals surface area contributed by atoms with Crippen LogP contribution in [0.2, 0.25) is 0 Å². The largest absolute Gasteiger partial charge is 0.497 e. The fraction of sp³-hybridized carbons (Fsp3) is 0.423. The van der Waals surface area contributed by atoms with Crippen LogP contribution in [0, 0.1) is 5.92 Å². The molecule has 0 bridgehead atoms. The van der Waals surface area contributed by atoms with Gasteiger partial charge in [0.05, 0.1) is 27.2 Å². The van der Waals surface area contributed by atoms with Crippen LogP contribution in [-0.4, -0.2) is 55.6 Å². The van der Waals surface area contributed by atoms with Gasteiger partial charge < -0.3 is 19.1 Å². The van der Waals surface area contributed by atoms with Crippen molar-refractivity contribution in [2.75, 3.05) is 25.7 Å². The second-order valence-corrected chi connectivity index (χ2v) is 8.43. The van der Waals surface area contributed by atoms with E-state index in [1.807, 2.05) is 38.1 Å². The molecule has 2 aromatic carbocycles. The number of rotatable bonds is 9. The molecule has 0 radical (unpaired) electrons. The summed E-state index contributed by atoms with van der Waals surface area (Å²) in [5, 5.41) is 0. The third kappa shape index (κ3) is 5.32. The minimum absolute atomic E-state index is 0.140. The number of carbonyl (C=O) groups is 3. The van der Waals surface area contributed by atoms with E-state index in [-0.39, 0.29) is 37.3 Å². The maximum Gasteiger partial charge on any atom is 0.308 e. The van der Waals surface area contributed by atoms with Crippen LogP contribution in [0.25, 0.3) is 0 Å². The van der Waals surface area contributed by atoms with Gasteiger partial charge in [0.1, 0.15) is 23.6 Å². The molecule has 8 nitrogen and oxygen atoms in total. The molecule has 1 saturated heterocycles. The Bertz CT molecular complexity index is 1000. The van der Waals surface area contributed by atoms with E-state index < -0.39 is 18.1 Å². The number of hydrogen-bond donors (Lipinski definition) is 0. The summed E-state index contributed by atoms with van der Waals surface area (Å²) in [6.45, 7) is 5.97. The van der Waals surface area contributed by atoms with Gasteiger partial charge in [-0.3, -0.25) is 19.3 Å². The Labute approximate surface area is 200 Å². The van der Waals surface area contributed by atoms with E-state index in [1.165, 1.54) is 4.90 Å². The van der Waals surface area contributed by atoms with Gasteiger partial charge in [-0.25, -0.2) is 0 Å². The average Bonchev–Trinajstić information content (AvgIpc) is 2.83. The van der Waals surface area contributed by atoms with Gasteiger partial charge in [0.15, 0.2) is 0 Å². The molecule has 1 aliphatic heterocycles. The number of ether oxygens (including phenoxy) is 3. The first-order valence-corrected chi connectivity index (χ1v) is 11.4. The lowest BCUT2D eigenvalue weighted by molar-refractivity contribution is -0.153. The highest BCUT2D eigenvalue weighted by molar-refractivity contribution is 6.09. The number of amides is 2. The summed E-state index contributed by atoms with van der Waals surface area (Å²) >= 11 is 0. The Kier molecular flexibility index (Phi) is 8.15. The fourth-order valence-electron chi connectivity index (χ4n) is 4.22. The van der Waals surface area contributed by atoms with Gasteiger partial charge in [0.2, 0.25) is 5.91 Å². The molecular formula is C26H32N2O6. The molecule has 2 atom stereocenters. The third-order valence-electron chi connectivity index (χ3n) is 5.87. The first-order valence-electron chi connectivity index (χ1n) is 11.4. The minimum atomic E-state index is -1.01. The Morgan fingerprint density at radius 1 is 0.912 bits per heavy atom. The highest BCUT2D eigenvalue weighted by Gasteiger charge is 2.48. The number of methoxy groups -OCH3 is 2. The fourth-order valence-corrected chi connectivity index (χ4v) is 4.22. The Morgan fingerprint density at radius 3 is 1.97 bits per heavy atom. The maximum absolute atomic E-state index is 13.8. The monoisotopic (exact) mass is 468 g/mol. The highest BCUT2D eigenvalue weighted by atomic mass is 16.5. The van der Waals surface area contributed by atoms with E-state index in [9.17, 15) is 14.4 Å². The third-order valence-corrected chi connectivity index (χ3v) is 5.87. The number of piperazine rings is 1. The van der Waals surface area contributed by atoms with Crippen molar-refractivity contribution in [2.45, 2.75) is 45.8 Å². The van der Waals surface area contributed by atoms with Crippen molar-refractivity contribution in [3.8, 4) is 11.5 Å². The zero-order valence-electron chi connectivity index (χ0n) is 20.3. The van der Waals surface area contributed by atoms with Crippen LogP contribution in [-0.2, 0) is 25.7 Å². The van der Waals surface area contributed by atoms with Crippen LogP contribution >= 0.6 is 0 Å². The molecule has 2 amide bonds. The standard InChI is InChI=1S/C26H32N2O6/c1-6-34-23(29)15-22-25(30)27(16-18-7-11-20(32-4)12-8-18)24(17(2)3)26(31)28(22)19-9-13-21(33-5)14-10-19/h7-14,17,22,24H,6,15-16H2,1-5H3/t22-,24+/m1/s1. The minimum Gasteiger partial charge on any atom is -0.497 e. The first kappa shape index (κ1) is 25.1. The van der Waals surface area contributed by atoms with Crippen LogP contribution in [0.15, 0.2) is 48.5 Å². The molecule has 2 aromatic rings. The van der Waals surface area contributed by atoms with Crippen molar-refractivity contribution in [3.63, 3.8) is 0 Å². The summed E-state index contributed by atoms with van der Waals surface area (Å²) in [6.07, 6.45) is -0.228. The maximum atomic E-state index is 13.8. The SMILES string of the molecule is CCOC(=O)C[C@@H]1C(=O)N(Cc2ccc(OC)cc2)[C@@H](C(C)C)C(=O)N1c1ccc(OC)cc1. The van der Waals surface area contributed by atoms with E-state index in [0.29, 0.717) is 17.2 Å². The second kappa shape index (κ2) is 11.0. The van der Waals surface area contributed by atoms with E-state index in [0.717, 1.165) is 5.56 Å². The lowest BCUT2D eigenvalue weighted by atomic mass is 9.93. The first-order chi connectivity index (χ1) is 16.3. The molecule has 0 spiro atoms. The number of benzene rings is 2. The van der Waals surface area contributed by atoms with Gasteiger partial charge in [-0.2, -0.15) is 0 Å². The van der Waals surface area contributed by atoms with Gasteiger partial charge in [-0.15, -0.1) is 0 Å². The van der Waals surface area contributed by atoms with Gasteiger partial charge in [0.25, 0.3) is 5.91 Å². The Morgan fingerprint density at radius 2 is 1.47 bits per heavy atom. The predicted molar refractivity (Wildman–Crippen MR) is 128 cm³/mol. The zero-order valence-corrected chi connectivity index (χ0v) is 20.3. The molecular weight excluding hydrogens is 436 g/mol. The zero-order chi connectivity index (χ0) is 24.8. The number of nitrogens with zero attached hydrogens (tertiary/aromatic N) is 2. The molecule has 0 aliphatic carbocycles. The Balaban J connectivity index is 2.01. The molecule has 1 aliphatic rings. The van der Waals surface area contributed by atoms with Gasteiger partial charge >= 0.3 is 5.97 Å². The molecule has 0 saturated carbocycles. The molecule has 0 N–H and O–H groups in total. The number of carbonyl (C=O) groups excluding carboxylic acids is 3. The summed E-state index contributed by atoms with van der Waals surface area (Å²) < 4.78 is 15.6. The van der Waals surface area contributed by atoms with Gasteiger partial charge in [0, 0.05) is 12.2 Å². The van der Waals surface area contributed by atoms with Crippen LogP contribution in [0.1, 0.15) is 32.8 Å². The van der Waals surface area contributed by atoms with Crippen LogP contribution in [0.5, 0.6) is 11.5 Å². The molecule has 8 heteroatoms. The van der Waals surface area contributed by atoms with E-state index in [4.69, 9.17) is 14.2 Å². The van der Waals surface area contributed by atoms with Crippen molar-refractivity contribution in [1.82, 2.24) is 4.90 Å².